The summed E-state index contributed by atoms with van der Waals surface area (Å²) in [5, 5.41) is 11.6. The number of fused-ring (bicyclic) bond motifs is 1. The van der Waals surface area contributed by atoms with Crippen molar-refractivity contribution in [2.24, 2.45) is 5.73 Å². The van der Waals surface area contributed by atoms with Gasteiger partial charge in [0, 0.05) is 42.8 Å². The van der Waals surface area contributed by atoms with Gasteiger partial charge in [0.2, 0.25) is 5.91 Å². The number of nitrogens with one attached hydrogen (secondary N) is 2. The van der Waals surface area contributed by atoms with Crippen molar-refractivity contribution in [3.8, 4) is 0 Å². The van der Waals surface area contributed by atoms with E-state index in [2.05, 4.69) is 25.4 Å². The number of aromatic amines is 1. The highest BCUT2D eigenvalue weighted by molar-refractivity contribution is 5.95. The molecule has 0 saturated carbocycles. The molecule has 0 radical (unpaired) electrons. The van der Waals surface area contributed by atoms with Crippen LogP contribution in [0.15, 0.2) is 67.0 Å². The highest BCUT2D eigenvalue weighted by Gasteiger charge is 2.38. The number of imidazole rings is 1. The van der Waals surface area contributed by atoms with Crippen LogP contribution in [-0.4, -0.2) is 42.8 Å². The van der Waals surface area contributed by atoms with Gasteiger partial charge in [-0.2, -0.15) is 5.10 Å². The second-order valence-electron chi connectivity index (χ2n) is 7.00. The predicted octanol–water partition coefficient (Wildman–Crippen LogP) is 2.22. The Morgan fingerprint density at radius 2 is 2.25 bits per heavy atom. The van der Waals surface area contributed by atoms with E-state index in [1.54, 1.807) is 24.8 Å². The van der Waals surface area contributed by atoms with E-state index in [9.17, 15) is 4.79 Å². The van der Waals surface area contributed by atoms with Crippen LogP contribution in [-0.2, 0) is 11.3 Å². The number of allylic oxidation sites excluding steroid dienone is 2. The number of nitrogens with zero attached hydrogens (tertiary/aromatic N) is 4. The zero-order chi connectivity index (χ0) is 19.6. The molecule has 1 aromatic carbocycles. The van der Waals surface area contributed by atoms with Gasteiger partial charge >= 0.3 is 0 Å². The Bertz CT molecular complexity index is 1030. The fraction of sp³-hybridized carbons (Fsp3) is 0.250. The fourth-order valence-corrected chi connectivity index (χ4v) is 3.61. The molecule has 0 saturated heterocycles. The number of hydrogen-bond donors (Lipinski definition) is 3. The van der Waals surface area contributed by atoms with E-state index in [0.29, 0.717) is 5.57 Å². The first-order chi connectivity index (χ1) is 13.6. The normalized spacial score (nSPS) is 19.0. The Labute approximate surface area is 162 Å². The zero-order valence-corrected chi connectivity index (χ0v) is 15.7. The van der Waals surface area contributed by atoms with Crippen molar-refractivity contribution in [1.82, 2.24) is 24.6 Å². The Kier molecular flexibility index (Phi) is 4.60. The summed E-state index contributed by atoms with van der Waals surface area (Å²) in [4.78, 5) is 18.3. The summed E-state index contributed by atoms with van der Waals surface area (Å²) in [6.07, 6.45) is 13.8. The van der Waals surface area contributed by atoms with Gasteiger partial charge in [-0.1, -0.05) is 0 Å². The van der Waals surface area contributed by atoms with E-state index in [1.807, 2.05) is 48.2 Å². The summed E-state index contributed by atoms with van der Waals surface area (Å²) in [7, 11) is 0. The first-order valence-corrected chi connectivity index (χ1v) is 9.19. The van der Waals surface area contributed by atoms with E-state index in [-0.39, 0.29) is 0 Å². The number of rotatable bonds is 7. The minimum Gasteiger partial charge on any atom is -0.366 e. The van der Waals surface area contributed by atoms with Crippen LogP contribution >= 0.6 is 0 Å². The summed E-state index contributed by atoms with van der Waals surface area (Å²) in [5.41, 5.74) is 7.26. The molecule has 0 aliphatic carbocycles. The number of carbonyl (C=O) groups excluding carboxylic acids is 1. The Morgan fingerprint density at radius 1 is 1.36 bits per heavy atom. The molecule has 1 amide bonds. The molecule has 3 heterocycles. The van der Waals surface area contributed by atoms with Gasteiger partial charge < -0.3 is 20.5 Å². The van der Waals surface area contributed by atoms with Crippen LogP contribution < -0.4 is 11.1 Å². The van der Waals surface area contributed by atoms with Gasteiger partial charge in [0.25, 0.3) is 0 Å². The summed E-state index contributed by atoms with van der Waals surface area (Å²) in [5.74, 6) is -0.443. The molecule has 3 aromatic rings. The molecule has 1 unspecified atom stereocenters. The van der Waals surface area contributed by atoms with Gasteiger partial charge in [-0.25, -0.2) is 4.98 Å². The number of carbonyl (C=O) groups is 1. The highest BCUT2D eigenvalue weighted by atomic mass is 16.1. The molecule has 0 spiro atoms. The first-order valence-electron chi connectivity index (χ1n) is 9.19. The van der Waals surface area contributed by atoms with E-state index >= 15 is 0 Å². The number of amides is 1. The van der Waals surface area contributed by atoms with Crippen LogP contribution in [0.1, 0.15) is 13.3 Å². The highest BCUT2D eigenvalue weighted by Crippen LogP contribution is 2.31. The quantitative estimate of drug-likeness (QED) is 0.586. The molecule has 1 aliphatic heterocycles. The van der Waals surface area contributed by atoms with Crippen molar-refractivity contribution < 1.29 is 4.79 Å². The van der Waals surface area contributed by atoms with Gasteiger partial charge in [0.1, 0.15) is 5.66 Å². The fourth-order valence-electron chi connectivity index (χ4n) is 3.61. The van der Waals surface area contributed by atoms with Crippen molar-refractivity contribution in [2.45, 2.75) is 25.6 Å². The maximum Gasteiger partial charge on any atom is 0.248 e. The van der Waals surface area contributed by atoms with Gasteiger partial charge in [-0.15, -0.1) is 0 Å². The summed E-state index contributed by atoms with van der Waals surface area (Å²) < 4.78 is 2.04. The van der Waals surface area contributed by atoms with Crippen LogP contribution in [0.5, 0.6) is 0 Å². The molecular weight excluding hydrogens is 354 g/mol. The zero-order valence-electron chi connectivity index (χ0n) is 15.7. The van der Waals surface area contributed by atoms with Crippen molar-refractivity contribution in [3.05, 3.63) is 67.0 Å². The number of primary amides is 1. The second kappa shape index (κ2) is 7.22. The first kappa shape index (κ1) is 17.8. The molecule has 2 aromatic heterocycles. The van der Waals surface area contributed by atoms with Gasteiger partial charge in [0.15, 0.2) is 0 Å². The van der Waals surface area contributed by atoms with Crippen LogP contribution in [0.3, 0.4) is 0 Å². The second-order valence-corrected chi connectivity index (χ2v) is 7.00. The molecule has 8 nitrogen and oxygen atoms in total. The molecule has 8 heteroatoms. The molecule has 1 aliphatic rings. The standard InChI is InChI=1S/C20H23N7O/c1-20(24-16-6-5-15-13-23-25-18(15)12-16)17(19(21)28)4-2-9-27(20)10-3-8-26-11-7-22-14-26/h2,4-7,9,11-14,24H,3,8,10H2,1H3,(H2,21,28)(H,23,25). The number of H-pyrrole nitrogens is 1. The lowest BCUT2D eigenvalue weighted by Gasteiger charge is -2.44. The van der Waals surface area contributed by atoms with Gasteiger partial charge in [-0.3, -0.25) is 9.89 Å². The minimum atomic E-state index is -0.761. The van der Waals surface area contributed by atoms with Crippen molar-refractivity contribution >= 4 is 22.5 Å². The van der Waals surface area contributed by atoms with E-state index in [1.165, 1.54) is 0 Å². The van der Waals surface area contributed by atoms with E-state index < -0.39 is 11.6 Å². The molecule has 4 N–H and O–H groups in total. The van der Waals surface area contributed by atoms with Crippen molar-refractivity contribution in [1.29, 1.82) is 0 Å². The minimum absolute atomic E-state index is 0.443. The third-order valence-corrected chi connectivity index (χ3v) is 5.10. The topological polar surface area (TPSA) is 105 Å². The van der Waals surface area contributed by atoms with Crippen LogP contribution in [0.25, 0.3) is 10.9 Å². The molecule has 0 fully saturated rings. The number of anilines is 1. The Morgan fingerprint density at radius 3 is 3.04 bits per heavy atom. The Hall–Kier alpha value is -3.55. The third kappa shape index (κ3) is 3.36. The Balaban J connectivity index is 1.57. The number of aromatic nitrogens is 4. The monoisotopic (exact) mass is 377 g/mol. The number of nitrogens with two attached hydrogens (primary N) is 1. The lowest BCUT2D eigenvalue weighted by Crippen LogP contribution is -2.55. The lowest BCUT2D eigenvalue weighted by molar-refractivity contribution is -0.115. The summed E-state index contributed by atoms with van der Waals surface area (Å²) in [6, 6.07) is 5.94. The van der Waals surface area contributed by atoms with Crippen LogP contribution in [0.4, 0.5) is 5.69 Å². The SMILES string of the molecule is CC1(Nc2ccc3cn[nH]c3c2)C(C(N)=O)=CC=CN1CCCn1ccnc1. The van der Waals surface area contributed by atoms with Crippen molar-refractivity contribution in [2.75, 3.05) is 11.9 Å². The van der Waals surface area contributed by atoms with Crippen LogP contribution in [0, 0.1) is 0 Å². The largest absolute Gasteiger partial charge is 0.366 e. The van der Waals surface area contributed by atoms with Crippen LogP contribution in [0.2, 0.25) is 0 Å². The summed E-state index contributed by atoms with van der Waals surface area (Å²) in [6.45, 7) is 3.56. The molecule has 28 heavy (non-hydrogen) atoms. The molecule has 0 bridgehead atoms. The van der Waals surface area contributed by atoms with E-state index in [4.69, 9.17) is 5.73 Å². The van der Waals surface area contributed by atoms with Crippen molar-refractivity contribution in [3.63, 3.8) is 0 Å². The van der Waals surface area contributed by atoms with Gasteiger partial charge in [-0.05, 0) is 43.7 Å². The maximum absolute atomic E-state index is 12.2. The average molecular weight is 377 g/mol. The van der Waals surface area contributed by atoms with Gasteiger partial charge in [0.05, 0.1) is 23.6 Å². The molecule has 1 atom stereocenters. The molecule has 4 rings (SSSR count). The van der Waals surface area contributed by atoms with E-state index in [0.717, 1.165) is 36.1 Å². The number of hydrogen-bond acceptors (Lipinski definition) is 5. The lowest BCUT2D eigenvalue weighted by atomic mass is 9.94. The smallest absolute Gasteiger partial charge is 0.248 e. The predicted molar refractivity (Wildman–Crippen MR) is 108 cm³/mol. The average Bonchev–Trinajstić information content (AvgIpc) is 3.34. The third-order valence-electron chi connectivity index (χ3n) is 5.10. The molecular formula is C20H23N7O. The number of aryl methyl sites for hydroxylation is 1. The molecule has 144 valence electrons. The maximum atomic E-state index is 12.2. The number of benzene rings is 1. The summed E-state index contributed by atoms with van der Waals surface area (Å²) >= 11 is 0.